The number of hydrogen-bond donors (Lipinski definition) is 1. The van der Waals surface area contributed by atoms with Gasteiger partial charge < -0.3 is 10.0 Å². The highest BCUT2D eigenvalue weighted by Gasteiger charge is 2.19. The van der Waals surface area contributed by atoms with Crippen LogP contribution in [0, 0.1) is 6.92 Å². The summed E-state index contributed by atoms with van der Waals surface area (Å²) >= 11 is 5.82. The summed E-state index contributed by atoms with van der Waals surface area (Å²) in [6, 6.07) is 9.86. The van der Waals surface area contributed by atoms with E-state index in [0.29, 0.717) is 12.2 Å². The first-order valence-electron chi connectivity index (χ1n) is 6.27. The second-order valence-corrected chi connectivity index (χ2v) is 4.75. The van der Waals surface area contributed by atoms with Gasteiger partial charge in [-0.15, -0.1) is 0 Å². The molecule has 0 radical (unpaired) electrons. The zero-order valence-corrected chi connectivity index (χ0v) is 12.1. The second-order valence-electron chi connectivity index (χ2n) is 4.37. The predicted molar refractivity (Wildman–Crippen MR) is 79.4 cm³/mol. The Labute approximate surface area is 122 Å². The highest BCUT2D eigenvalue weighted by molar-refractivity contribution is 6.29. The number of aromatic hydroxyl groups is 1. The van der Waals surface area contributed by atoms with Crippen LogP contribution in [0.25, 0.3) is 0 Å². The molecule has 0 saturated carbocycles. The lowest BCUT2D eigenvalue weighted by atomic mass is 10.1. The van der Waals surface area contributed by atoms with Gasteiger partial charge in [0, 0.05) is 12.6 Å². The third kappa shape index (κ3) is 2.91. The first-order valence-corrected chi connectivity index (χ1v) is 6.64. The van der Waals surface area contributed by atoms with E-state index in [0.717, 1.165) is 5.56 Å². The fraction of sp³-hybridized carbons (Fsp3) is 0.200. The van der Waals surface area contributed by atoms with Gasteiger partial charge in [0.05, 0.1) is 5.69 Å². The Hall–Kier alpha value is -2.07. The van der Waals surface area contributed by atoms with Gasteiger partial charge >= 0.3 is 0 Å². The Balaban J connectivity index is 2.42. The summed E-state index contributed by atoms with van der Waals surface area (Å²) in [6.45, 7) is 4.22. The van der Waals surface area contributed by atoms with Gasteiger partial charge in [-0.25, -0.2) is 4.98 Å². The summed E-state index contributed by atoms with van der Waals surface area (Å²) in [7, 11) is 0. The minimum absolute atomic E-state index is 0.121. The molecule has 2 rings (SSSR count). The largest absolute Gasteiger partial charge is 0.508 e. The molecule has 2 aromatic rings. The molecular formula is C15H15ClN2O2. The molecule has 0 aliphatic rings. The van der Waals surface area contributed by atoms with Crippen LogP contribution < -0.4 is 4.90 Å². The Bertz CT molecular complexity index is 644. The molecule has 1 N–H and O–H groups in total. The quantitative estimate of drug-likeness (QED) is 0.881. The van der Waals surface area contributed by atoms with Crippen molar-refractivity contribution in [3.63, 3.8) is 0 Å². The number of aryl methyl sites for hydroxylation is 1. The number of aromatic nitrogens is 1. The maximum atomic E-state index is 12.5. The van der Waals surface area contributed by atoms with Crippen molar-refractivity contribution in [1.82, 2.24) is 4.98 Å². The molecule has 0 spiro atoms. The lowest BCUT2D eigenvalue weighted by Gasteiger charge is -2.22. The Morgan fingerprint density at radius 3 is 2.75 bits per heavy atom. The molecule has 5 heteroatoms. The Morgan fingerprint density at radius 2 is 2.10 bits per heavy atom. The zero-order valence-electron chi connectivity index (χ0n) is 11.3. The lowest BCUT2D eigenvalue weighted by molar-refractivity contribution is 0.0983. The molecular weight excluding hydrogens is 276 g/mol. The SMILES string of the molecule is CCN(C(=O)c1cccc(Cl)n1)c1cc(O)ccc1C. The van der Waals surface area contributed by atoms with E-state index in [1.807, 2.05) is 13.8 Å². The van der Waals surface area contributed by atoms with E-state index in [9.17, 15) is 9.90 Å². The predicted octanol–water partition coefficient (Wildman–Crippen LogP) is 3.42. The van der Waals surface area contributed by atoms with Crippen molar-refractivity contribution in [2.75, 3.05) is 11.4 Å². The number of carbonyl (C=O) groups excluding carboxylic acids is 1. The van der Waals surface area contributed by atoms with Crippen LogP contribution >= 0.6 is 11.6 Å². The summed E-state index contributed by atoms with van der Waals surface area (Å²) in [4.78, 5) is 18.1. The molecule has 0 bridgehead atoms. The van der Waals surface area contributed by atoms with Crippen molar-refractivity contribution in [2.45, 2.75) is 13.8 Å². The number of carbonyl (C=O) groups is 1. The topological polar surface area (TPSA) is 53.4 Å². The molecule has 1 heterocycles. The zero-order chi connectivity index (χ0) is 14.7. The van der Waals surface area contributed by atoms with Gasteiger partial charge in [-0.3, -0.25) is 4.79 Å². The number of anilines is 1. The van der Waals surface area contributed by atoms with Gasteiger partial charge in [0.2, 0.25) is 0 Å². The van der Waals surface area contributed by atoms with E-state index in [1.165, 1.54) is 0 Å². The highest BCUT2D eigenvalue weighted by atomic mass is 35.5. The molecule has 1 amide bonds. The number of amides is 1. The molecule has 4 nitrogen and oxygen atoms in total. The van der Waals surface area contributed by atoms with E-state index >= 15 is 0 Å². The van der Waals surface area contributed by atoms with Crippen molar-refractivity contribution >= 4 is 23.2 Å². The van der Waals surface area contributed by atoms with Gasteiger partial charge in [0.1, 0.15) is 16.6 Å². The standard InChI is InChI=1S/C15H15ClN2O2/c1-3-18(13-9-11(19)8-7-10(13)2)15(20)12-5-4-6-14(16)17-12/h4-9,19H,3H2,1-2H3. The first-order chi connectivity index (χ1) is 9.52. The lowest BCUT2D eigenvalue weighted by Crippen LogP contribution is -2.31. The summed E-state index contributed by atoms with van der Waals surface area (Å²) in [5.41, 5.74) is 1.85. The van der Waals surface area contributed by atoms with Crippen molar-refractivity contribution < 1.29 is 9.90 Å². The molecule has 0 fully saturated rings. The molecule has 1 aromatic heterocycles. The number of rotatable bonds is 3. The Morgan fingerprint density at radius 1 is 1.35 bits per heavy atom. The van der Waals surface area contributed by atoms with Crippen molar-refractivity contribution in [2.24, 2.45) is 0 Å². The molecule has 20 heavy (non-hydrogen) atoms. The average Bonchev–Trinajstić information content (AvgIpc) is 2.43. The number of pyridine rings is 1. The smallest absolute Gasteiger partial charge is 0.276 e. The normalized spacial score (nSPS) is 10.3. The van der Waals surface area contributed by atoms with Crippen LogP contribution in [0.15, 0.2) is 36.4 Å². The fourth-order valence-electron chi connectivity index (χ4n) is 1.98. The third-order valence-corrected chi connectivity index (χ3v) is 3.19. The third-order valence-electron chi connectivity index (χ3n) is 2.98. The van der Waals surface area contributed by atoms with Crippen molar-refractivity contribution in [3.8, 4) is 5.75 Å². The van der Waals surface area contributed by atoms with Crippen LogP contribution in [0.4, 0.5) is 5.69 Å². The van der Waals surface area contributed by atoms with Gasteiger partial charge in [0.25, 0.3) is 5.91 Å². The van der Waals surface area contributed by atoms with Crippen molar-refractivity contribution in [1.29, 1.82) is 0 Å². The van der Waals surface area contributed by atoms with Gasteiger partial charge in [-0.1, -0.05) is 23.7 Å². The molecule has 0 atom stereocenters. The molecule has 0 aliphatic carbocycles. The van der Waals surface area contributed by atoms with Crippen LogP contribution in [0.2, 0.25) is 5.15 Å². The number of phenolic OH excluding ortho intramolecular Hbond substituents is 1. The number of nitrogens with zero attached hydrogens (tertiary/aromatic N) is 2. The second kappa shape index (κ2) is 5.92. The summed E-state index contributed by atoms with van der Waals surface area (Å²) in [5, 5.41) is 9.88. The van der Waals surface area contributed by atoms with E-state index < -0.39 is 0 Å². The summed E-state index contributed by atoms with van der Waals surface area (Å²) in [6.07, 6.45) is 0. The Kier molecular flexibility index (Phi) is 4.25. The van der Waals surface area contributed by atoms with Gasteiger partial charge in [-0.2, -0.15) is 0 Å². The van der Waals surface area contributed by atoms with E-state index in [1.54, 1.807) is 41.3 Å². The van der Waals surface area contributed by atoms with Crippen LogP contribution in [0.1, 0.15) is 23.0 Å². The van der Waals surface area contributed by atoms with Gasteiger partial charge in [-0.05, 0) is 37.6 Å². The van der Waals surface area contributed by atoms with Crippen LogP contribution in [-0.2, 0) is 0 Å². The average molecular weight is 291 g/mol. The summed E-state index contributed by atoms with van der Waals surface area (Å²) < 4.78 is 0. The molecule has 1 aromatic carbocycles. The highest BCUT2D eigenvalue weighted by Crippen LogP contribution is 2.26. The number of benzene rings is 1. The monoisotopic (exact) mass is 290 g/mol. The molecule has 0 aliphatic heterocycles. The van der Waals surface area contributed by atoms with Crippen LogP contribution in [0.5, 0.6) is 5.75 Å². The summed E-state index contributed by atoms with van der Waals surface area (Å²) in [5.74, 6) is -0.125. The maximum Gasteiger partial charge on any atom is 0.276 e. The number of hydrogen-bond acceptors (Lipinski definition) is 3. The van der Waals surface area contributed by atoms with Crippen LogP contribution in [-0.4, -0.2) is 22.5 Å². The minimum Gasteiger partial charge on any atom is -0.508 e. The number of phenols is 1. The first kappa shape index (κ1) is 14.3. The van der Waals surface area contributed by atoms with Gasteiger partial charge in [0.15, 0.2) is 0 Å². The van der Waals surface area contributed by atoms with E-state index in [4.69, 9.17) is 11.6 Å². The molecule has 104 valence electrons. The van der Waals surface area contributed by atoms with E-state index in [2.05, 4.69) is 4.98 Å². The number of halogens is 1. The maximum absolute atomic E-state index is 12.5. The van der Waals surface area contributed by atoms with Crippen molar-refractivity contribution in [3.05, 3.63) is 52.8 Å². The molecule has 0 unspecified atom stereocenters. The fourth-order valence-corrected chi connectivity index (χ4v) is 2.14. The molecule has 0 saturated heterocycles. The van der Waals surface area contributed by atoms with E-state index in [-0.39, 0.29) is 22.5 Å². The van der Waals surface area contributed by atoms with Crippen LogP contribution in [0.3, 0.4) is 0 Å². The minimum atomic E-state index is -0.247.